The molecular formula is C24H20Cl3MnN2O2. The van der Waals surface area contributed by atoms with Gasteiger partial charge in [-0.25, -0.2) is 0 Å². The van der Waals surface area contributed by atoms with Gasteiger partial charge in [0.05, 0.1) is 11.4 Å². The van der Waals surface area contributed by atoms with Crippen LogP contribution in [-0.4, -0.2) is 20.2 Å². The Morgan fingerprint density at radius 3 is 1.25 bits per heavy atom. The minimum absolute atomic E-state index is 0. The van der Waals surface area contributed by atoms with E-state index in [4.69, 9.17) is 0 Å². The second kappa shape index (κ2) is 12.7. The molecule has 0 spiro atoms. The summed E-state index contributed by atoms with van der Waals surface area (Å²) in [6.07, 6.45) is 3.48. The fraction of sp³-hybridized carbons (Fsp3) is 0.0833. The van der Waals surface area contributed by atoms with Crippen molar-refractivity contribution in [2.45, 2.75) is 13.8 Å². The molecule has 8 heteroatoms. The molecule has 2 aromatic carbocycles. The van der Waals surface area contributed by atoms with Gasteiger partial charge in [0.15, 0.2) is 0 Å². The van der Waals surface area contributed by atoms with Crippen LogP contribution in [0.15, 0.2) is 73.1 Å². The fourth-order valence-corrected chi connectivity index (χ4v) is 3.19. The zero-order valence-corrected chi connectivity index (χ0v) is 20.7. The van der Waals surface area contributed by atoms with Crippen molar-refractivity contribution in [2.75, 3.05) is 0 Å². The van der Waals surface area contributed by atoms with Gasteiger partial charge in [-0.1, -0.05) is 48.5 Å². The maximum absolute atomic E-state index is 10.3. The molecule has 0 aliphatic rings. The minimum Gasteiger partial charge on any atom is -1.00 e. The van der Waals surface area contributed by atoms with Crippen LogP contribution < -0.4 is 37.2 Å². The van der Waals surface area contributed by atoms with Crippen LogP contribution >= 0.6 is 0 Å². The monoisotopic (exact) mass is 528 g/mol. The molecule has 0 radical (unpaired) electrons. The summed E-state index contributed by atoms with van der Waals surface area (Å²) in [6.45, 7) is 3.75. The molecule has 2 heterocycles. The first-order chi connectivity index (χ1) is 13.5. The van der Waals surface area contributed by atoms with E-state index in [1.165, 1.54) is 0 Å². The van der Waals surface area contributed by atoms with Crippen LogP contribution in [0.1, 0.15) is 11.1 Å². The predicted molar refractivity (Wildman–Crippen MR) is 111 cm³/mol. The number of pyridine rings is 2. The Kier molecular flexibility index (Phi) is 11.8. The number of phenols is 2. The molecule has 0 bridgehead atoms. The van der Waals surface area contributed by atoms with Crippen LogP contribution in [0.25, 0.3) is 33.6 Å². The first-order valence-electron chi connectivity index (χ1n) is 9.05. The van der Waals surface area contributed by atoms with E-state index in [-0.39, 0.29) is 65.8 Å². The zero-order valence-electron chi connectivity index (χ0n) is 17.2. The van der Waals surface area contributed by atoms with E-state index in [1.54, 1.807) is 12.4 Å². The van der Waals surface area contributed by atoms with Crippen molar-refractivity contribution >= 4 is 0 Å². The summed E-state index contributed by atoms with van der Waals surface area (Å²) in [7, 11) is 0. The fourth-order valence-electron chi connectivity index (χ4n) is 3.19. The number of nitrogens with zero attached hydrogens (tertiary/aromatic N) is 2. The topological polar surface area (TPSA) is 66.2 Å². The summed E-state index contributed by atoms with van der Waals surface area (Å²) in [5.41, 5.74) is 6.38. The number of hydrogen-bond donors (Lipinski definition) is 2. The van der Waals surface area contributed by atoms with Gasteiger partial charge in [-0.3, -0.25) is 9.97 Å². The third kappa shape index (κ3) is 5.94. The summed E-state index contributed by atoms with van der Waals surface area (Å²) >= 11 is 0. The molecule has 0 atom stereocenters. The largest absolute Gasteiger partial charge is 3.00 e. The van der Waals surface area contributed by atoms with Gasteiger partial charge in [0.2, 0.25) is 0 Å². The molecule has 0 fully saturated rings. The van der Waals surface area contributed by atoms with Crippen molar-refractivity contribution in [1.82, 2.24) is 9.97 Å². The standard InChI is InChI=1S/C24H20N2O2.3ClH.Mn/c1-15-5-3-7-19(23(15)27)17-9-11-21(25-13-17)22-12-10-18(14-26-22)20-8-4-6-16(2)24(20)28;;;;/h3-14,27-28H,1-2H3;3*1H;/q;;;;+3/p-3. The summed E-state index contributed by atoms with van der Waals surface area (Å²) in [4.78, 5) is 9.01. The van der Waals surface area contributed by atoms with Crippen LogP contribution in [0.4, 0.5) is 0 Å². The van der Waals surface area contributed by atoms with E-state index < -0.39 is 0 Å². The molecule has 0 amide bonds. The van der Waals surface area contributed by atoms with Crippen molar-refractivity contribution in [3.8, 4) is 45.1 Å². The van der Waals surface area contributed by atoms with E-state index in [0.29, 0.717) is 0 Å². The van der Waals surface area contributed by atoms with Crippen LogP contribution in [0.3, 0.4) is 0 Å². The summed E-state index contributed by atoms with van der Waals surface area (Å²) < 4.78 is 0. The first-order valence-corrected chi connectivity index (χ1v) is 9.05. The maximum Gasteiger partial charge on any atom is 3.00 e. The number of para-hydroxylation sites is 2. The second-order valence-corrected chi connectivity index (χ2v) is 6.81. The van der Waals surface area contributed by atoms with Crippen molar-refractivity contribution in [3.63, 3.8) is 0 Å². The van der Waals surface area contributed by atoms with Crippen LogP contribution in [0, 0.1) is 13.8 Å². The molecule has 32 heavy (non-hydrogen) atoms. The first kappa shape index (κ1) is 29.7. The number of aromatic nitrogens is 2. The Balaban J connectivity index is 0.00000240. The van der Waals surface area contributed by atoms with Gasteiger partial charge in [-0.05, 0) is 37.1 Å². The average Bonchev–Trinajstić information content (AvgIpc) is 2.72. The predicted octanol–water partition coefficient (Wildman–Crippen LogP) is -3.48. The van der Waals surface area contributed by atoms with Crippen LogP contribution in [0.2, 0.25) is 0 Å². The van der Waals surface area contributed by atoms with Crippen molar-refractivity contribution in [3.05, 3.63) is 84.2 Å². The number of aromatic hydroxyl groups is 2. The van der Waals surface area contributed by atoms with Gasteiger partial charge in [-0.2, -0.15) is 0 Å². The molecule has 0 unspecified atom stereocenters. The molecule has 2 aromatic heterocycles. The normalized spacial score (nSPS) is 9.44. The number of rotatable bonds is 3. The third-order valence-electron chi connectivity index (χ3n) is 4.89. The summed E-state index contributed by atoms with van der Waals surface area (Å²) in [5.74, 6) is 0.551. The Hall–Kier alpha value is -2.27. The van der Waals surface area contributed by atoms with Gasteiger partial charge in [0.1, 0.15) is 11.5 Å². The zero-order chi connectivity index (χ0) is 19.7. The molecule has 0 saturated heterocycles. The second-order valence-electron chi connectivity index (χ2n) is 6.81. The van der Waals surface area contributed by atoms with Gasteiger partial charge in [0, 0.05) is 34.6 Å². The smallest absolute Gasteiger partial charge is 1.00 e. The van der Waals surface area contributed by atoms with Crippen molar-refractivity contribution < 1.29 is 64.5 Å². The Labute approximate surface area is 216 Å². The minimum atomic E-state index is 0. The molecule has 0 saturated carbocycles. The van der Waals surface area contributed by atoms with E-state index in [9.17, 15) is 10.2 Å². The molecule has 2 N–H and O–H groups in total. The number of halogens is 3. The van der Waals surface area contributed by atoms with Crippen LogP contribution in [0.5, 0.6) is 11.5 Å². The molecule has 4 aromatic rings. The molecule has 0 aliphatic carbocycles. The molecular weight excluding hydrogens is 510 g/mol. The Morgan fingerprint density at radius 1 is 0.562 bits per heavy atom. The van der Waals surface area contributed by atoms with Crippen molar-refractivity contribution in [1.29, 1.82) is 0 Å². The maximum atomic E-state index is 10.3. The van der Waals surface area contributed by atoms with Gasteiger partial charge >= 0.3 is 17.1 Å². The number of benzene rings is 2. The van der Waals surface area contributed by atoms with E-state index in [1.807, 2.05) is 74.5 Å². The third-order valence-corrected chi connectivity index (χ3v) is 4.89. The van der Waals surface area contributed by atoms with Crippen molar-refractivity contribution in [2.24, 2.45) is 0 Å². The van der Waals surface area contributed by atoms with E-state index >= 15 is 0 Å². The summed E-state index contributed by atoms with van der Waals surface area (Å²) in [5, 5.41) is 20.5. The Bertz CT molecular complexity index is 1060. The molecule has 4 rings (SSSR count). The summed E-state index contributed by atoms with van der Waals surface area (Å²) in [6, 6.07) is 19.0. The SMILES string of the molecule is Cc1cccc(-c2ccc(-c3ccc(-c4cccc(C)c4O)cn3)nc2)c1O.[Cl-].[Cl-].[Cl-].[Mn+3]. The van der Waals surface area contributed by atoms with E-state index in [0.717, 1.165) is 44.8 Å². The molecule has 166 valence electrons. The molecule has 4 nitrogen and oxygen atoms in total. The number of aryl methyl sites for hydroxylation is 2. The number of hydrogen-bond acceptors (Lipinski definition) is 4. The quantitative estimate of drug-likeness (QED) is 0.271. The van der Waals surface area contributed by atoms with Gasteiger partial charge in [-0.15, -0.1) is 0 Å². The van der Waals surface area contributed by atoms with Crippen LogP contribution in [-0.2, 0) is 17.1 Å². The van der Waals surface area contributed by atoms with Gasteiger partial charge in [0.25, 0.3) is 0 Å². The Morgan fingerprint density at radius 2 is 0.938 bits per heavy atom. The van der Waals surface area contributed by atoms with Gasteiger partial charge < -0.3 is 47.4 Å². The average molecular weight is 530 g/mol. The number of phenolic OH excluding ortho intramolecular Hbond substituents is 2. The molecule has 0 aliphatic heterocycles. The van der Waals surface area contributed by atoms with E-state index in [2.05, 4.69) is 9.97 Å².